The van der Waals surface area contributed by atoms with Gasteiger partial charge in [-0.25, -0.2) is 0 Å². The predicted octanol–water partition coefficient (Wildman–Crippen LogP) is -0.0809. The topological polar surface area (TPSA) is 44.8 Å². The molecule has 1 N–H and O–H groups in total. The van der Waals surface area contributed by atoms with Crippen molar-refractivity contribution in [3.63, 3.8) is 0 Å². The number of morpholine rings is 1. The van der Waals surface area contributed by atoms with Crippen molar-refractivity contribution in [2.24, 2.45) is 0 Å². The zero-order valence-corrected chi connectivity index (χ0v) is 11.4. The molecule has 18 heavy (non-hydrogen) atoms. The monoisotopic (exact) mass is 255 g/mol. The van der Waals surface area contributed by atoms with Gasteiger partial charge in [-0.3, -0.25) is 9.69 Å². The molecule has 1 atom stereocenters. The second-order valence-electron chi connectivity index (χ2n) is 5.10. The van der Waals surface area contributed by atoms with Crippen molar-refractivity contribution in [2.45, 2.75) is 25.9 Å². The molecule has 2 aliphatic rings. The number of nitrogens with one attached hydrogen (secondary N) is 1. The molecular weight excluding hydrogens is 230 g/mol. The van der Waals surface area contributed by atoms with Crippen LogP contribution in [0.3, 0.4) is 0 Å². The Hall–Kier alpha value is -0.650. The number of ether oxygens (including phenoxy) is 1. The van der Waals surface area contributed by atoms with Crippen molar-refractivity contribution >= 4 is 5.91 Å². The van der Waals surface area contributed by atoms with Gasteiger partial charge in [0.1, 0.15) is 0 Å². The van der Waals surface area contributed by atoms with Gasteiger partial charge in [0.15, 0.2) is 0 Å². The number of nitrogens with zero attached hydrogens (tertiary/aromatic N) is 2. The molecule has 1 amide bonds. The second-order valence-corrected chi connectivity index (χ2v) is 5.10. The summed E-state index contributed by atoms with van der Waals surface area (Å²) in [6.07, 6.45) is 2.54. The SMILES string of the molecule is CCN1CCOC(CNCC(=O)N2CCCC2)C1. The maximum absolute atomic E-state index is 11.8. The lowest BCUT2D eigenvalue weighted by Gasteiger charge is -2.32. The molecule has 2 saturated heterocycles. The van der Waals surface area contributed by atoms with Gasteiger partial charge >= 0.3 is 0 Å². The summed E-state index contributed by atoms with van der Waals surface area (Å²) in [5, 5.41) is 3.23. The van der Waals surface area contributed by atoms with Crippen LogP contribution in [0.15, 0.2) is 0 Å². The molecule has 0 aliphatic carbocycles. The molecule has 2 aliphatic heterocycles. The highest BCUT2D eigenvalue weighted by Crippen LogP contribution is 2.07. The van der Waals surface area contributed by atoms with Gasteiger partial charge in [0.2, 0.25) is 5.91 Å². The fraction of sp³-hybridized carbons (Fsp3) is 0.923. The lowest BCUT2D eigenvalue weighted by Crippen LogP contribution is -2.47. The Morgan fingerprint density at radius 2 is 2.11 bits per heavy atom. The Morgan fingerprint density at radius 1 is 1.33 bits per heavy atom. The molecule has 5 nitrogen and oxygen atoms in total. The first kappa shape index (κ1) is 13.8. The highest BCUT2D eigenvalue weighted by Gasteiger charge is 2.20. The summed E-state index contributed by atoms with van der Waals surface area (Å²) in [4.78, 5) is 16.2. The summed E-state index contributed by atoms with van der Waals surface area (Å²) in [6.45, 7) is 9.15. The largest absolute Gasteiger partial charge is 0.374 e. The standard InChI is InChI=1S/C13H25N3O2/c1-2-15-7-8-18-12(11-15)9-14-10-13(17)16-5-3-4-6-16/h12,14H,2-11H2,1H3. The molecular formula is C13H25N3O2. The van der Waals surface area contributed by atoms with E-state index in [1.165, 1.54) is 0 Å². The van der Waals surface area contributed by atoms with Crippen LogP contribution in [0.25, 0.3) is 0 Å². The number of amides is 1. The van der Waals surface area contributed by atoms with Gasteiger partial charge in [-0.2, -0.15) is 0 Å². The molecule has 0 saturated carbocycles. The Bertz CT molecular complexity index is 267. The average Bonchev–Trinajstić information content (AvgIpc) is 2.93. The smallest absolute Gasteiger partial charge is 0.236 e. The zero-order valence-electron chi connectivity index (χ0n) is 11.4. The Morgan fingerprint density at radius 3 is 2.83 bits per heavy atom. The van der Waals surface area contributed by atoms with E-state index >= 15 is 0 Å². The molecule has 2 heterocycles. The van der Waals surface area contributed by atoms with E-state index in [1.54, 1.807) is 0 Å². The average molecular weight is 255 g/mol. The lowest BCUT2D eigenvalue weighted by atomic mass is 10.2. The third kappa shape index (κ3) is 3.93. The Balaban J connectivity index is 1.61. The molecule has 1 unspecified atom stereocenters. The number of carbonyl (C=O) groups is 1. The van der Waals surface area contributed by atoms with Crippen LogP contribution >= 0.6 is 0 Å². The van der Waals surface area contributed by atoms with Crippen LogP contribution in [0.4, 0.5) is 0 Å². The van der Waals surface area contributed by atoms with E-state index < -0.39 is 0 Å². The van der Waals surface area contributed by atoms with Gasteiger partial charge in [-0.1, -0.05) is 6.92 Å². The molecule has 2 fully saturated rings. The number of carbonyl (C=O) groups excluding carboxylic acids is 1. The molecule has 0 aromatic heterocycles. The van der Waals surface area contributed by atoms with Crippen LogP contribution in [0.5, 0.6) is 0 Å². The van der Waals surface area contributed by atoms with Gasteiger partial charge in [0, 0.05) is 32.7 Å². The van der Waals surface area contributed by atoms with Crippen molar-refractivity contribution in [1.82, 2.24) is 15.1 Å². The van der Waals surface area contributed by atoms with Crippen molar-refractivity contribution in [3.8, 4) is 0 Å². The summed E-state index contributed by atoms with van der Waals surface area (Å²) < 4.78 is 5.69. The van der Waals surface area contributed by atoms with Crippen LogP contribution in [0, 0.1) is 0 Å². The fourth-order valence-electron chi connectivity index (χ4n) is 2.61. The minimum atomic E-state index is 0.227. The van der Waals surface area contributed by atoms with Gasteiger partial charge in [-0.05, 0) is 19.4 Å². The number of likely N-dealkylation sites (N-methyl/N-ethyl adjacent to an activating group) is 1. The fourth-order valence-corrected chi connectivity index (χ4v) is 2.61. The Kier molecular flexibility index (Phi) is 5.41. The molecule has 5 heteroatoms. The maximum Gasteiger partial charge on any atom is 0.236 e. The number of hydrogen-bond acceptors (Lipinski definition) is 4. The van der Waals surface area contributed by atoms with Crippen LogP contribution < -0.4 is 5.32 Å². The summed E-state index contributed by atoms with van der Waals surface area (Å²) in [7, 11) is 0. The minimum absolute atomic E-state index is 0.227. The van der Waals surface area contributed by atoms with E-state index in [-0.39, 0.29) is 12.0 Å². The van der Waals surface area contributed by atoms with Crippen LogP contribution in [0.1, 0.15) is 19.8 Å². The number of hydrogen-bond donors (Lipinski definition) is 1. The summed E-state index contributed by atoms with van der Waals surface area (Å²) >= 11 is 0. The molecule has 0 spiro atoms. The van der Waals surface area contributed by atoms with Crippen LogP contribution in [-0.4, -0.2) is 74.2 Å². The third-order valence-electron chi connectivity index (χ3n) is 3.78. The normalized spacial score (nSPS) is 25.6. The quantitative estimate of drug-likeness (QED) is 0.746. The minimum Gasteiger partial charge on any atom is -0.374 e. The molecule has 0 aromatic carbocycles. The first-order valence-corrected chi connectivity index (χ1v) is 7.12. The van der Waals surface area contributed by atoms with Gasteiger partial charge in [-0.15, -0.1) is 0 Å². The van der Waals surface area contributed by atoms with Crippen molar-refractivity contribution in [3.05, 3.63) is 0 Å². The number of rotatable bonds is 5. The van der Waals surface area contributed by atoms with E-state index in [0.717, 1.165) is 58.7 Å². The van der Waals surface area contributed by atoms with Crippen molar-refractivity contribution < 1.29 is 9.53 Å². The van der Waals surface area contributed by atoms with E-state index in [1.807, 2.05) is 4.90 Å². The summed E-state index contributed by atoms with van der Waals surface area (Å²) in [6, 6.07) is 0. The molecule has 0 bridgehead atoms. The molecule has 104 valence electrons. The van der Waals surface area contributed by atoms with E-state index in [0.29, 0.717) is 6.54 Å². The van der Waals surface area contributed by atoms with Crippen molar-refractivity contribution in [2.75, 3.05) is 52.4 Å². The van der Waals surface area contributed by atoms with Gasteiger partial charge < -0.3 is 15.0 Å². The zero-order chi connectivity index (χ0) is 12.8. The first-order valence-electron chi connectivity index (χ1n) is 7.12. The first-order chi connectivity index (χ1) is 8.79. The summed E-state index contributed by atoms with van der Waals surface area (Å²) in [5.74, 6) is 0.232. The maximum atomic E-state index is 11.8. The lowest BCUT2D eigenvalue weighted by molar-refractivity contribution is -0.129. The highest BCUT2D eigenvalue weighted by molar-refractivity contribution is 5.78. The van der Waals surface area contributed by atoms with Crippen LogP contribution in [0.2, 0.25) is 0 Å². The van der Waals surface area contributed by atoms with Gasteiger partial charge in [0.05, 0.1) is 19.3 Å². The number of likely N-dealkylation sites (tertiary alicyclic amines) is 1. The van der Waals surface area contributed by atoms with Crippen molar-refractivity contribution in [1.29, 1.82) is 0 Å². The predicted molar refractivity (Wildman–Crippen MR) is 70.5 cm³/mol. The van der Waals surface area contributed by atoms with Gasteiger partial charge in [0.25, 0.3) is 0 Å². The summed E-state index contributed by atoms with van der Waals surface area (Å²) in [5.41, 5.74) is 0. The molecule has 0 radical (unpaired) electrons. The second kappa shape index (κ2) is 7.07. The van der Waals surface area contributed by atoms with E-state index in [2.05, 4.69) is 17.1 Å². The third-order valence-corrected chi connectivity index (χ3v) is 3.78. The van der Waals surface area contributed by atoms with E-state index in [4.69, 9.17) is 4.74 Å². The molecule has 0 aromatic rings. The van der Waals surface area contributed by atoms with E-state index in [9.17, 15) is 4.79 Å². The van der Waals surface area contributed by atoms with Crippen LogP contribution in [-0.2, 0) is 9.53 Å². The highest BCUT2D eigenvalue weighted by atomic mass is 16.5. The molecule has 2 rings (SSSR count). The Labute approximate surface area is 109 Å².